The van der Waals surface area contributed by atoms with Crippen LogP contribution in [0.2, 0.25) is 0 Å². The van der Waals surface area contributed by atoms with E-state index in [0.717, 1.165) is 13.1 Å². The second-order valence-corrected chi connectivity index (χ2v) is 4.10. The predicted octanol–water partition coefficient (Wildman–Crippen LogP) is 2.47. The molecule has 4 heteroatoms. The molecule has 0 unspecified atom stereocenters. The molecule has 3 nitrogen and oxygen atoms in total. The molecule has 0 fully saturated rings. The minimum Gasteiger partial charge on any atom is -0.268 e. The van der Waals surface area contributed by atoms with Crippen molar-refractivity contribution in [1.29, 1.82) is 0 Å². The summed E-state index contributed by atoms with van der Waals surface area (Å²) in [7, 11) is 0. The smallest absolute Gasteiger partial charge is 0.0653 e. The first kappa shape index (κ1) is 11.0. The fourth-order valence-electron chi connectivity index (χ4n) is 1.24. The normalized spacial score (nSPS) is 11.2. The van der Waals surface area contributed by atoms with Crippen LogP contribution in [0, 0.1) is 0 Å². The lowest BCUT2D eigenvalue weighted by Crippen LogP contribution is -2.07. The van der Waals surface area contributed by atoms with Gasteiger partial charge in [-0.05, 0) is 18.9 Å². The van der Waals surface area contributed by atoms with E-state index in [1.807, 2.05) is 0 Å². The van der Waals surface area contributed by atoms with Crippen LogP contribution in [0.5, 0.6) is 0 Å². The Bertz CT molecular complexity index is 268. The summed E-state index contributed by atoms with van der Waals surface area (Å²) < 4.78 is 5.18. The van der Waals surface area contributed by atoms with Gasteiger partial charge >= 0.3 is 0 Å². The van der Waals surface area contributed by atoms with E-state index in [1.165, 1.54) is 11.4 Å². The zero-order valence-corrected chi connectivity index (χ0v) is 10.5. The molecule has 1 rings (SSSR count). The SMILES string of the molecule is CCn1nc(C(C)C)cc1CNI. The van der Waals surface area contributed by atoms with Crippen LogP contribution < -0.4 is 3.53 Å². The molecule has 1 aromatic heterocycles. The Morgan fingerprint density at radius 2 is 2.31 bits per heavy atom. The van der Waals surface area contributed by atoms with Crippen molar-refractivity contribution in [3.8, 4) is 0 Å². The van der Waals surface area contributed by atoms with Crippen molar-refractivity contribution in [3.63, 3.8) is 0 Å². The van der Waals surface area contributed by atoms with Gasteiger partial charge in [-0.3, -0.25) is 8.21 Å². The summed E-state index contributed by atoms with van der Waals surface area (Å²) >= 11 is 2.16. The van der Waals surface area contributed by atoms with Crippen LogP contribution in [0.3, 0.4) is 0 Å². The molecule has 0 aliphatic heterocycles. The summed E-state index contributed by atoms with van der Waals surface area (Å²) in [5.41, 5.74) is 2.45. The minimum absolute atomic E-state index is 0.515. The van der Waals surface area contributed by atoms with Gasteiger partial charge in [0.15, 0.2) is 0 Å². The molecular formula is C9H16IN3. The summed E-state index contributed by atoms with van der Waals surface area (Å²) in [6, 6.07) is 2.18. The largest absolute Gasteiger partial charge is 0.268 e. The van der Waals surface area contributed by atoms with Crippen LogP contribution in [-0.4, -0.2) is 9.78 Å². The van der Waals surface area contributed by atoms with E-state index in [-0.39, 0.29) is 0 Å². The molecule has 13 heavy (non-hydrogen) atoms. The molecule has 0 amide bonds. The van der Waals surface area contributed by atoms with Crippen LogP contribution in [0.1, 0.15) is 38.1 Å². The number of nitrogens with zero attached hydrogens (tertiary/aromatic N) is 2. The highest BCUT2D eigenvalue weighted by Crippen LogP contribution is 2.14. The van der Waals surface area contributed by atoms with Crippen molar-refractivity contribution in [2.75, 3.05) is 0 Å². The van der Waals surface area contributed by atoms with Crippen LogP contribution >= 0.6 is 22.9 Å². The summed E-state index contributed by atoms with van der Waals surface area (Å²) in [5, 5.41) is 4.52. The Hall–Kier alpha value is -0.100. The van der Waals surface area contributed by atoms with Gasteiger partial charge in [0.2, 0.25) is 0 Å². The highest BCUT2D eigenvalue weighted by Gasteiger charge is 2.08. The zero-order chi connectivity index (χ0) is 9.84. The molecule has 0 saturated carbocycles. The van der Waals surface area contributed by atoms with Crippen molar-refractivity contribution in [2.45, 2.75) is 39.8 Å². The third-order valence-electron chi connectivity index (χ3n) is 2.02. The molecule has 1 aromatic rings. The number of rotatable bonds is 4. The molecule has 0 spiro atoms. The third-order valence-corrected chi connectivity index (χ3v) is 2.40. The molecule has 0 bridgehead atoms. The van der Waals surface area contributed by atoms with Gasteiger partial charge in [-0.1, -0.05) is 13.8 Å². The van der Waals surface area contributed by atoms with E-state index >= 15 is 0 Å². The highest BCUT2D eigenvalue weighted by atomic mass is 127. The second kappa shape index (κ2) is 4.95. The summed E-state index contributed by atoms with van der Waals surface area (Å²) in [5.74, 6) is 0.515. The van der Waals surface area contributed by atoms with E-state index in [9.17, 15) is 0 Å². The number of aryl methyl sites for hydroxylation is 1. The molecule has 0 radical (unpaired) electrons. The maximum atomic E-state index is 4.52. The van der Waals surface area contributed by atoms with Gasteiger partial charge in [-0.2, -0.15) is 5.10 Å². The molecule has 0 atom stereocenters. The van der Waals surface area contributed by atoms with Crippen LogP contribution in [0.15, 0.2) is 6.07 Å². The number of halogens is 1. The van der Waals surface area contributed by atoms with Crippen molar-refractivity contribution in [3.05, 3.63) is 17.5 Å². The van der Waals surface area contributed by atoms with Gasteiger partial charge in [0, 0.05) is 36.0 Å². The Balaban J connectivity index is 2.90. The van der Waals surface area contributed by atoms with Gasteiger partial charge in [0.05, 0.1) is 11.4 Å². The van der Waals surface area contributed by atoms with E-state index in [0.29, 0.717) is 5.92 Å². The summed E-state index contributed by atoms with van der Waals surface area (Å²) in [6.07, 6.45) is 0. The molecular weight excluding hydrogens is 277 g/mol. The van der Waals surface area contributed by atoms with Crippen molar-refractivity contribution >= 4 is 22.9 Å². The quantitative estimate of drug-likeness (QED) is 0.682. The topological polar surface area (TPSA) is 29.9 Å². The highest BCUT2D eigenvalue weighted by molar-refractivity contribution is 14.1. The number of hydrogen-bond donors (Lipinski definition) is 1. The summed E-state index contributed by atoms with van der Waals surface area (Å²) in [4.78, 5) is 0. The average molecular weight is 293 g/mol. The van der Waals surface area contributed by atoms with E-state index in [2.05, 4.69) is 63.0 Å². The van der Waals surface area contributed by atoms with E-state index in [4.69, 9.17) is 0 Å². The maximum absolute atomic E-state index is 4.52. The summed E-state index contributed by atoms with van der Waals surface area (Å²) in [6.45, 7) is 8.29. The minimum atomic E-state index is 0.515. The van der Waals surface area contributed by atoms with Gasteiger partial charge in [-0.25, -0.2) is 0 Å². The number of hydrogen-bond acceptors (Lipinski definition) is 2. The van der Waals surface area contributed by atoms with E-state index in [1.54, 1.807) is 0 Å². The van der Waals surface area contributed by atoms with Crippen LogP contribution in [0.25, 0.3) is 0 Å². The molecule has 0 aliphatic carbocycles. The second-order valence-electron chi connectivity index (χ2n) is 3.34. The lowest BCUT2D eigenvalue weighted by molar-refractivity contribution is 0.604. The van der Waals surface area contributed by atoms with Gasteiger partial charge in [-0.15, -0.1) is 0 Å². The zero-order valence-electron chi connectivity index (χ0n) is 8.34. The Morgan fingerprint density at radius 1 is 1.62 bits per heavy atom. The van der Waals surface area contributed by atoms with Crippen molar-refractivity contribution in [1.82, 2.24) is 13.3 Å². The Morgan fingerprint density at radius 3 is 2.77 bits per heavy atom. The molecule has 0 aliphatic rings. The van der Waals surface area contributed by atoms with Crippen LogP contribution in [0.4, 0.5) is 0 Å². The lowest BCUT2D eigenvalue weighted by Gasteiger charge is -2.01. The standard InChI is InChI=1S/C9H16IN3/c1-4-13-8(6-11-10)5-9(12-13)7(2)3/h5,7,11H,4,6H2,1-3H3. The fraction of sp³-hybridized carbons (Fsp3) is 0.667. The molecule has 0 aromatic carbocycles. The number of nitrogens with one attached hydrogen (secondary N) is 1. The molecule has 0 saturated heterocycles. The van der Waals surface area contributed by atoms with Gasteiger partial charge < -0.3 is 0 Å². The first-order valence-corrected chi connectivity index (χ1v) is 5.67. The van der Waals surface area contributed by atoms with Crippen molar-refractivity contribution < 1.29 is 0 Å². The Labute approximate surface area is 93.4 Å². The van der Waals surface area contributed by atoms with Gasteiger partial charge in [0.1, 0.15) is 0 Å². The lowest BCUT2D eigenvalue weighted by atomic mass is 10.1. The number of aromatic nitrogens is 2. The fourth-order valence-corrected chi connectivity index (χ4v) is 1.64. The first-order valence-electron chi connectivity index (χ1n) is 4.59. The third kappa shape index (κ3) is 2.67. The first-order chi connectivity index (χ1) is 6.19. The average Bonchev–Trinajstić information content (AvgIpc) is 2.48. The van der Waals surface area contributed by atoms with Crippen LogP contribution in [-0.2, 0) is 13.1 Å². The predicted molar refractivity (Wildman–Crippen MR) is 62.8 cm³/mol. The van der Waals surface area contributed by atoms with Gasteiger partial charge in [0.25, 0.3) is 0 Å². The van der Waals surface area contributed by atoms with Crippen molar-refractivity contribution in [2.24, 2.45) is 0 Å². The maximum Gasteiger partial charge on any atom is 0.0653 e. The molecule has 74 valence electrons. The monoisotopic (exact) mass is 293 g/mol. The van der Waals surface area contributed by atoms with E-state index < -0.39 is 0 Å². The molecule has 1 N–H and O–H groups in total. The molecule has 1 heterocycles. The Kier molecular flexibility index (Phi) is 4.18.